The van der Waals surface area contributed by atoms with Crippen LogP contribution in [0.5, 0.6) is 0 Å². The minimum Gasteiger partial charge on any atom is -0.403 e. The summed E-state index contributed by atoms with van der Waals surface area (Å²) in [5.41, 5.74) is 1.08. The van der Waals surface area contributed by atoms with Crippen LogP contribution in [0.3, 0.4) is 0 Å². The molecular weight excluding hydrogens is 360 g/mol. The zero-order chi connectivity index (χ0) is 18.5. The number of nitro benzene ring substituents is 1. The fourth-order valence-electron chi connectivity index (χ4n) is 2.07. The largest absolute Gasteiger partial charge is 0.403 e. The van der Waals surface area contributed by atoms with Crippen molar-refractivity contribution < 1.29 is 14.1 Å². The predicted octanol–water partition coefficient (Wildman–Crippen LogP) is 3.95. The average Bonchev–Trinajstić information content (AvgIpc) is 3.09. The molecule has 0 radical (unpaired) electrons. The maximum Gasteiger partial charge on any atom is 0.322 e. The highest BCUT2D eigenvalue weighted by Gasteiger charge is 2.10. The Morgan fingerprint density at radius 3 is 2.77 bits per heavy atom. The standard InChI is InChI=1S/C17H11ClN4O4/c18-13-5-2-4-12(10-13)16-20-21-17(26-16)19-15(23)8-7-11-3-1-6-14(9-11)22(24)25/h1-10H,(H,19,21,23)/b8-7+. The number of hydrogen-bond donors (Lipinski definition) is 1. The molecule has 8 nitrogen and oxygen atoms in total. The van der Waals surface area contributed by atoms with Crippen LogP contribution in [0.25, 0.3) is 17.5 Å². The fraction of sp³-hybridized carbons (Fsp3) is 0. The minimum absolute atomic E-state index is 0.0596. The number of non-ortho nitro benzene ring substituents is 1. The summed E-state index contributed by atoms with van der Waals surface area (Å²) in [6, 6.07) is 12.7. The number of amides is 1. The van der Waals surface area contributed by atoms with Gasteiger partial charge in [-0.05, 0) is 29.8 Å². The average molecular weight is 371 g/mol. The molecule has 2 aromatic carbocycles. The van der Waals surface area contributed by atoms with Gasteiger partial charge >= 0.3 is 6.01 Å². The van der Waals surface area contributed by atoms with Gasteiger partial charge in [-0.3, -0.25) is 20.2 Å². The molecule has 0 saturated carbocycles. The summed E-state index contributed by atoms with van der Waals surface area (Å²) in [4.78, 5) is 22.2. The number of nitrogens with zero attached hydrogens (tertiary/aromatic N) is 3. The molecule has 0 aliphatic carbocycles. The third-order valence-electron chi connectivity index (χ3n) is 3.23. The van der Waals surface area contributed by atoms with E-state index in [0.29, 0.717) is 16.1 Å². The molecule has 0 spiro atoms. The Balaban J connectivity index is 1.67. The monoisotopic (exact) mass is 370 g/mol. The van der Waals surface area contributed by atoms with Crippen LogP contribution in [0.4, 0.5) is 11.7 Å². The minimum atomic E-state index is -0.516. The second kappa shape index (κ2) is 7.58. The van der Waals surface area contributed by atoms with Crippen molar-refractivity contribution in [1.82, 2.24) is 10.2 Å². The third kappa shape index (κ3) is 4.31. The molecule has 1 heterocycles. The molecule has 0 fully saturated rings. The Morgan fingerprint density at radius 2 is 2.00 bits per heavy atom. The van der Waals surface area contributed by atoms with E-state index in [0.717, 1.165) is 0 Å². The molecule has 130 valence electrons. The van der Waals surface area contributed by atoms with Crippen LogP contribution in [-0.2, 0) is 4.79 Å². The molecular formula is C17H11ClN4O4. The second-order valence-electron chi connectivity index (χ2n) is 5.10. The molecule has 3 rings (SSSR count). The summed E-state index contributed by atoms with van der Waals surface area (Å²) in [6.07, 6.45) is 2.65. The molecule has 0 saturated heterocycles. The van der Waals surface area contributed by atoms with Crippen LogP contribution in [0.15, 0.2) is 59.0 Å². The summed E-state index contributed by atoms with van der Waals surface area (Å²) in [5.74, 6) is -0.303. The Hall–Kier alpha value is -3.52. The number of anilines is 1. The van der Waals surface area contributed by atoms with Gasteiger partial charge in [0.15, 0.2) is 0 Å². The number of aromatic nitrogens is 2. The maximum atomic E-state index is 11.9. The molecule has 0 atom stereocenters. The van der Waals surface area contributed by atoms with Crippen LogP contribution >= 0.6 is 11.6 Å². The number of rotatable bonds is 5. The first-order chi connectivity index (χ1) is 12.5. The van der Waals surface area contributed by atoms with Gasteiger partial charge in [-0.2, -0.15) is 0 Å². The van der Waals surface area contributed by atoms with Crippen molar-refractivity contribution in [3.8, 4) is 11.5 Å². The van der Waals surface area contributed by atoms with Gasteiger partial charge in [0.25, 0.3) is 11.6 Å². The molecule has 0 bridgehead atoms. The SMILES string of the molecule is O=C(/C=C/c1cccc([N+](=O)[O-])c1)Nc1nnc(-c2cccc(Cl)c2)o1. The van der Waals surface area contributed by atoms with E-state index in [9.17, 15) is 14.9 Å². The number of hydrogen-bond acceptors (Lipinski definition) is 6. The van der Waals surface area contributed by atoms with Crippen molar-refractivity contribution in [2.45, 2.75) is 0 Å². The van der Waals surface area contributed by atoms with E-state index in [1.54, 1.807) is 30.3 Å². The van der Waals surface area contributed by atoms with Crippen molar-refractivity contribution in [1.29, 1.82) is 0 Å². The van der Waals surface area contributed by atoms with Crippen LogP contribution in [0.2, 0.25) is 5.02 Å². The predicted molar refractivity (Wildman–Crippen MR) is 95.5 cm³/mol. The van der Waals surface area contributed by atoms with E-state index in [2.05, 4.69) is 15.5 Å². The molecule has 0 aliphatic heterocycles. The maximum absolute atomic E-state index is 11.9. The van der Waals surface area contributed by atoms with E-state index < -0.39 is 10.8 Å². The van der Waals surface area contributed by atoms with Crippen molar-refractivity contribution in [3.05, 3.63) is 75.3 Å². The van der Waals surface area contributed by atoms with Crippen molar-refractivity contribution in [2.75, 3.05) is 5.32 Å². The smallest absolute Gasteiger partial charge is 0.322 e. The van der Waals surface area contributed by atoms with Crippen molar-refractivity contribution in [3.63, 3.8) is 0 Å². The number of carbonyl (C=O) groups is 1. The highest BCUT2D eigenvalue weighted by Crippen LogP contribution is 2.22. The summed E-state index contributed by atoms with van der Waals surface area (Å²) in [7, 11) is 0. The first-order valence-electron chi connectivity index (χ1n) is 7.34. The van der Waals surface area contributed by atoms with Gasteiger partial charge in [-0.15, -0.1) is 5.10 Å². The van der Waals surface area contributed by atoms with Gasteiger partial charge in [-0.25, -0.2) is 0 Å². The van der Waals surface area contributed by atoms with Gasteiger partial charge in [0, 0.05) is 28.8 Å². The molecule has 1 N–H and O–H groups in total. The van der Waals surface area contributed by atoms with Crippen molar-refractivity contribution >= 4 is 35.3 Å². The van der Waals surface area contributed by atoms with Crippen LogP contribution in [0.1, 0.15) is 5.56 Å². The lowest BCUT2D eigenvalue weighted by Gasteiger charge is -1.96. The zero-order valence-electron chi connectivity index (χ0n) is 13.1. The third-order valence-corrected chi connectivity index (χ3v) is 3.47. The van der Waals surface area contributed by atoms with Gasteiger partial charge in [0.05, 0.1) is 4.92 Å². The highest BCUT2D eigenvalue weighted by atomic mass is 35.5. The summed E-state index contributed by atoms with van der Waals surface area (Å²) in [6.45, 7) is 0. The molecule has 9 heteroatoms. The lowest BCUT2D eigenvalue weighted by atomic mass is 10.2. The highest BCUT2D eigenvalue weighted by molar-refractivity contribution is 6.30. The number of halogens is 1. The Labute approximate surface area is 152 Å². The van der Waals surface area contributed by atoms with Crippen LogP contribution in [0, 0.1) is 10.1 Å². The lowest BCUT2D eigenvalue weighted by Crippen LogP contribution is -2.07. The lowest BCUT2D eigenvalue weighted by molar-refractivity contribution is -0.384. The van der Waals surface area contributed by atoms with E-state index in [4.69, 9.17) is 16.0 Å². The first-order valence-corrected chi connectivity index (χ1v) is 7.72. The fourth-order valence-corrected chi connectivity index (χ4v) is 2.26. The topological polar surface area (TPSA) is 111 Å². The van der Waals surface area contributed by atoms with Gasteiger partial charge in [0.2, 0.25) is 5.89 Å². The van der Waals surface area contributed by atoms with Crippen LogP contribution < -0.4 is 5.32 Å². The van der Waals surface area contributed by atoms with Crippen LogP contribution in [-0.4, -0.2) is 21.0 Å². The first kappa shape index (κ1) is 17.3. The molecule has 1 amide bonds. The van der Waals surface area contributed by atoms with Gasteiger partial charge in [-0.1, -0.05) is 34.9 Å². The molecule has 0 aliphatic rings. The molecule has 26 heavy (non-hydrogen) atoms. The van der Waals surface area contributed by atoms with E-state index in [1.807, 2.05) is 0 Å². The number of nitrogens with one attached hydrogen (secondary N) is 1. The summed E-state index contributed by atoms with van der Waals surface area (Å²) in [5, 5.41) is 21.3. The zero-order valence-corrected chi connectivity index (χ0v) is 13.9. The number of benzene rings is 2. The normalized spacial score (nSPS) is 10.8. The number of carbonyl (C=O) groups excluding carboxylic acids is 1. The van der Waals surface area contributed by atoms with Crippen molar-refractivity contribution in [2.24, 2.45) is 0 Å². The van der Waals surface area contributed by atoms with E-state index in [1.165, 1.54) is 30.4 Å². The van der Waals surface area contributed by atoms with E-state index >= 15 is 0 Å². The molecule has 3 aromatic rings. The Bertz CT molecular complexity index is 1000. The summed E-state index contributed by atoms with van der Waals surface area (Å²) >= 11 is 5.91. The second-order valence-corrected chi connectivity index (χ2v) is 5.53. The Morgan fingerprint density at radius 1 is 1.19 bits per heavy atom. The molecule has 0 unspecified atom stereocenters. The number of nitro groups is 1. The van der Waals surface area contributed by atoms with Gasteiger partial charge in [0.1, 0.15) is 0 Å². The quantitative estimate of drug-likeness (QED) is 0.413. The van der Waals surface area contributed by atoms with Gasteiger partial charge < -0.3 is 4.42 Å². The molecule has 1 aromatic heterocycles. The Kier molecular flexibility index (Phi) is 5.04. The summed E-state index contributed by atoms with van der Waals surface area (Å²) < 4.78 is 5.36. The van der Waals surface area contributed by atoms with E-state index in [-0.39, 0.29) is 17.6 Å².